The van der Waals surface area contributed by atoms with E-state index in [4.69, 9.17) is 0 Å². The fourth-order valence-corrected chi connectivity index (χ4v) is 4.00. The molecule has 1 amide bonds. The molecule has 0 radical (unpaired) electrons. The number of aliphatic hydroxyl groups is 1. The first-order valence-corrected chi connectivity index (χ1v) is 10.8. The SMILES string of the molecule is O=C(N[C@@H](CCO)c1ccc(F)cc1)c1cc2c(=O)[nH]c(-c3ccc4ccccc4c3)cn2n1. The molecule has 0 bridgehead atoms. The van der Waals surface area contributed by atoms with Crippen molar-refractivity contribution in [2.75, 3.05) is 6.61 Å². The zero-order valence-corrected chi connectivity index (χ0v) is 18.0. The molecular weight excluding hydrogens is 435 g/mol. The van der Waals surface area contributed by atoms with Gasteiger partial charge in [-0.15, -0.1) is 0 Å². The third kappa shape index (κ3) is 4.18. The summed E-state index contributed by atoms with van der Waals surface area (Å²) in [5.41, 5.74) is 1.97. The van der Waals surface area contributed by atoms with Crippen molar-refractivity contribution < 1.29 is 14.3 Å². The summed E-state index contributed by atoms with van der Waals surface area (Å²) in [5, 5.41) is 18.6. The first-order chi connectivity index (χ1) is 16.5. The number of fused-ring (bicyclic) bond motifs is 2. The summed E-state index contributed by atoms with van der Waals surface area (Å²) < 4.78 is 14.7. The van der Waals surface area contributed by atoms with E-state index < -0.39 is 11.9 Å². The third-order valence-corrected chi connectivity index (χ3v) is 5.76. The molecule has 0 aliphatic heterocycles. The Morgan fingerprint density at radius 3 is 2.59 bits per heavy atom. The number of amides is 1. The van der Waals surface area contributed by atoms with Crippen molar-refractivity contribution in [1.29, 1.82) is 0 Å². The highest BCUT2D eigenvalue weighted by molar-refractivity contribution is 5.94. The van der Waals surface area contributed by atoms with Crippen LogP contribution in [0.3, 0.4) is 0 Å². The van der Waals surface area contributed by atoms with E-state index in [1.54, 1.807) is 18.3 Å². The molecule has 170 valence electrons. The summed E-state index contributed by atoms with van der Waals surface area (Å²) in [5.74, 6) is -0.891. The van der Waals surface area contributed by atoms with Crippen molar-refractivity contribution in [2.24, 2.45) is 0 Å². The Morgan fingerprint density at radius 2 is 1.82 bits per heavy atom. The molecule has 0 unspecified atom stereocenters. The van der Waals surface area contributed by atoms with E-state index in [0.717, 1.165) is 16.3 Å². The van der Waals surface area contributed by atoms with Crippen molar-refractivity contribution in [3.05, 3.63) is 106 Å². The average molecular weight is 456 g/mol. The van der Waals surface area contributed by atoms with Crippen LogP contribution < -0.4 is 10.9 Å². The number of carbonyl (C=O) groups excluding carboxylic acids is 1. The summed E-state index contributed by atoms with van der Waals surface area (Å²) in [7, 11) is 0. The van der Waals surface area contributed by atoms with Crippen LogP contribution >= 0.6 is 0 Å². The summed E-state index contributed by atoms with van der Waals surface area (Å²) in [6.07, 6.45) is 1.92. The second-order valence-corrected chi connectivity index (χ2v) is 8.01. The summed E-state index contributed by atoms with van der Waals surface area (Å²) in [4.78, 5) is 28.5. The summed E-state index contributed by atoms with van der Waals surface area (Å²) >= 11 is 0. The number of H-pyrrole nitrogens is 1. The van der Waals surface area contributed by atoms with Gasteiger partial charge in [0.05, 0.1) is 17.9 Å². The number of rotatable bonds is 6. The van der Waals surface area contributed by atoms with Gasteiger partial charge in [0, 0.05) is 18.2 Å². The van der Waals surface area contributed by atoms with E-state index in [1.165, 1.54) is 22.7 Å². The molecule has 2 heterocycles. The van der Waals surface area contributed by atoms with Crippen LogP contribution in [0.2, 0.25) is 0 Å². The van der Waals surface area contributed by atoms with Gasteiger partial charge in [-0.1, -0.05) is 48.5 Å². The topological polar surface area (TPSA) is 99.5 Å². The maximum Gasteiger partial charge on any atom is 0.274 e. The van der Waals surface area contributed by atoms with Crippen LogP contribution in [0.4, 0.5) is 4.39 Å². The largest absolute Gasteiger partial charge is 0.396 e. The Kier molecular flexibility index (Phi) is 5.65. The molecule has 0 spiro atoms. The molecule has 1 atom stereocenters. The molecule has 3 aromatic carbocycles. The van der Waals surface area contributed by atoms with Gasteiger partial charge < -0.3 is 15.4 Å². The molecule has 5 aromatic rings. The van der Waals surface area contributed by atoms with Crippen molar-refractivity contribution in [3.8, 4) is 11.3 Å². The van der Waals surface area contributed by atoms with Crippen molar-refractivity contribution in [2.45, 2.75) is 12.5 Å². The minimum atomic E-state index is -0.533. The number of aromatic amines is 1. The van der Waals surface area contributed by atoms with Crippen LogP contribution in [-0.4, -0.2) is 32.2 Å². The summed E-state index contributed by atoms with van der Waals surface area (Å²) in [6, 6.07) is 20.4. The maximum atomic E-state index is 13.3. The smallest absolute Gasteiger partial charge is 0.274 e. The van der Waals surface area contributed by atoms with Gasteiger partial charge in [0.2, 0.25) is 0 Å². The lowest BCUT2D eigenvalue weighted by atomic mass is 10.0. The molecule has 0 saturated heterocycles. The van der Waals surface area contributed by atoms with Crippen molar-refractivity contribution >= 4 is 22.2 Å². The lowest BCUT2D eigenvalue weighted by Crippen LogP contribution is -2.29. The zero-order valence-electron chi connectivity index (χ0n) is 18.0. The van der Waals surface area contributed by atoms with Gasteiger partial charge in [0.25, 0.3) is 11.5 Å². The monoisotopic (exact) mass is 456 g/mol. The van der Waals surface area contributed by atoms with Gasteiger partial charge in [0.1, 0.15) is 11.3 Å². The number of aromatic nitrogens is 3. The highest BCUT2D eigenvalue weighted by atomic mass is 19.1. The fourth-order valence-electron chi connectivity index (χ4n) is 4.00. The standard InChI is InChI=1S/C26H21FN4O3/c27-20-9-7-17(8-10-20)21(11-12-32)28-25(33)22-14-24-26(34)29-23(15-31(24)30-22)19-6-5-16-3-1-2-4-18(16)13-19/h1-10,13-15,21,32H,11-12H2,(H,28,33)(H,29,34)/t21-/m0/s1. The van der Waals surface area contributed by atoms with Gasteiger partial charge in [-0.25, -0.2) is 8.91 Å². The predicted molar refractivity (Wildman–Crippen MR) is 127 cm³/mol. The van der Waals surface area contributed by atoms with Gasteiger partial charge in [-0.05, 0) is 41.0 Å². The fraction of sp³-hybridized carbons (Fsp3) is 0.115. The molecule has 5 rings (SSSR count). The van der Waals surface area contributed by atoms with E-state index in [9.17, 15) is 19.1 Å². The number of hydrogen-bond acceptors (Lipinski definition) is 4. The maximum absolute atomic E-state index is 13.3. The van der Waals surface area contributed by atoms with Crippen molar-refractivity contribution in [3.63, 3.8) is 0 Å². The minimum absolute atomic E-state index is 0.0613. The molecule has 7 nitrogen and oxygen atoms in total. The number of nitrogens with one attached hydrogen (secondary N) is 2. The Hall–Kier alpha value is -4.30. The Balaban J connectivity index is 1.46. The lowest BCUT2D eigenvalue weighted by Gasteiger charge is -2.17. The van der Waals surface area contributed by atoms with E-state index in [1.807, 2.05) is 42.5 Å². The summed E-state index contributed by atoms with van der Waals surface area (Å²) in [6.45, 7) is -0.164. The van der Waals surface area contributed by atoms with Crippen LogP contribution in [0.15, 0.2) is 83.8 Å². The second kappa shape index (κ2) is 8.92. The molecule has 3 N–H and O–H groups in total. The normalized spacial score (nSPS) is 12.2. The van der Waals surface area contributed by atoms with Crippen molar-refractivity contribution in [1.82, 2.24) is 19.9 Å². The average Bonchev–Trinajstić information content (AvgIpc) is 3.29. The van der Waals surface area contributed by atoms with E-state index in [-0.39, 0.29) is 35.6 Å². The Labute approximate surface area is 193 Å². The third-order valence-electron chi connectivity index (χ3n) is 5.76. The molecule has 0 aliphatic rings. The molecular formula is C26H21FN4O3. The highest BCUT2D eigenvalue weighted by Gasteiger charge is 2.19. The number of halogens is 1. The second-order valence-electron chi connectivity index (χ2n) is 8.01. The number of carbonyl (C=O) groups is 1. The van der Waals surface area contributed by atoms with Crippen LogP contribution in [0, 0.1) is 5.82 Å². The van der Waals surface area contributed by atoms with E-state index in [2.05, 4.69) is 15.4 Å². The van der Waals surface area contributed by atoms with Crippen LogP contribution in [0.1, 0.15) is 28.5 Å². The van der Waals surface area contributed by atoms with Crippen LogP contribution in [0.25, 0.3) is 27.5 Å². The number of aliphatic hydroxyl groups excluding tert-OH is 1. The first kappa shape index (κ1) is 21.5. The van der Waals surface area contributed by atoms with E-state index >= 15 is 0 Å². The van der Waals surface area contributed by atoms with Crippen LogP contribution in [-0.2, 0) is 0 Å². The van der Waals surface area contributed by atoms with Gasteiger partial charge in [-0.2, -0.15) is 5.10 Å². The highest BCUT2D eigenvalue weighted by Crippen LogP contribution is 2.23. The number of hydrogen-bond donors (Lipinski definition) is 3. The first-order valence-electron chi connectivity index (χ1n) is 10.8. The van der Waals surface area contributed by atoms with Crippen LogP contribution in [0.5, 0.6) is 0 Å². The van der Waals surface area contributed by atoms with Gasteiger partial charge in [-0.3, -0.25) is 9.59 Å². The lowest BCUT2D eigenvalue weighted by molar-refractivity contribution is 0.0924. The molecule has 8 heteroatoms. The van der Waals surface area contributed by atoms with E-state index in [0.29, 0.717) is 11.3 Å². The molecule has 0 saturated carbocycles. The zero-order chi connectivity index (χ0) is 23.7. The van der Waals surface area contributed by atoms with Gasteiger partial charge >= 0.3 is 0 Å². The molecule has 2 aromatic heterocycles. The molecule has 34 heavy (non-hydrogen) atoms. The number of benzene rings is 3. The Morgan fingerprint density at radius 1 is 1.06 bits per heavy atom. The molecule has 0 fully saturated rings. The predicted octanol–water partition coefficient (Wildman–Crippen LogP) is 3.84. The van der Waals surface area contributed by atoms with Gasteiger partial charge in [0.15, 0.2) is 5.69 Å². The number of nitrogens with zero attached hydrogens (tertiary/aromatic N) is 2. The quantitative estimate of drug-likeness (QED) is 0.362. The molecule has 0 aliphatic carbocycles. The minimum Gasteiger partial charge on any atom is -0.396 e. The Bertz CT molecular complexity index is 1560.